The van der Waals surface area contributed by atoms with Gasteiger partial charge in [0, 0.05) is 24.7 Å². The highest BCUT2D eigenvalue weighted by atomic mass is 35.5. The first-order valence-corrected chi connectivity index (χ1v) is 8.64. The van der Waals surface area contributed by atoms with Crippen molar-refractivity contribution in [1.29, 1.82) is 0 Å². The minimum absolute atomic E-state index is 0.187. The summed E-state index contributed by atoms with van der Waals surface area (Å²) in [5, 5.41) is 0.922. The number of hydrogen-bond acceptors (Lipinski definition) is 5. The quantitative estimate of drug-likeness (QED) is 0.796. The second-order valence-electron chi connectivity index (χ2n) is 4.96. The lowest BCUT2D eigenvalue weighted by molar-refractivity contribution is 0.602. The van der Waals surface area contributed by atoms with Crippen LogP contribution in [0.4, 0.5) is 5.82 Å². The lowest BCUT2D eigenvalue weighted by Crippen LogP contribution is -2.19. The molecule has 1 fully saturated rings. The van der Waals surface area contributed by atoms with Crippen molar-refractivity contribution in [3.05, 3.63) is 23.5 Å². The van der Waals surface area contributed by atoms with Crippen LogP contribution in [-0.2, 0) is 9.84 Å². The molecule has 0 aliphatic carbocycles. The van der Waals surface area contributed by atoms with E-state index >= 15 is 0 Å². The van der Waals surface area contributed by atoms with Crippen LogP contribution in [0.5, 0.6) is 0 Å². The Morgan fingerprint density at radius 2 is 1.90 bits per heavy atom. The van der Waals surface area contributed by atoms with E-state index in [4.69, 9.17) is 11.6 Å². The Labute approximate surface area is 122 Å². The number of sulfone groups is 1. The standard InChI is InChI=1S/C13H14ClN3O2S/c1-20(18,19)9-4-5-11-10(8-9)12(16-13(14)15-11)17-6-2-3-7-17/h4-5,8H,2-3,6-7H2,1H3. The first kappa shape index (κ1) is 13.6. The van der Waals surface area contributed by atoms with Gasteiger partial charge >= 0.3 is 0 Å². The molecule has 0 radical (unpaired) electrons. The van der Waals surface area contributed by atoms with Crippen LogP contribution in [0.25, 0.3) is 10.9 Å². The molecule has 2 aromatic rings. The van der Waals surface area contributed by atoms with Crippen molar-refractivity contribution in [3.8, 4) is 0 Å². The lowest BCUT2D eigenvalue weighted by atomic mass is 10.2. The second kappa shape index (κ2) is 4.86. The van der Waals surface area contributed by atoms with Gasteiger partial charge in [-0.05, 0) is 42.6 Å². The van der Waals surface area contributed by atoms with Gasteiger partial charge in [0.1, 0.15) is 5.82 Å². The topological polar surface area (TPSA) is 63.2 Å². The summed E-state index contributed by atoms with van der Waals surface area (Å²) in [5.41, 5.74) is 0.666. The molecule has 0 amide bonds. The van der Waals surface area contributed by atoms with Crippen LogP contribution in [0.15, 0.2) is 23.1 Å². The number of aromatic nitrogens is 2. The summed E-state index contributed by atoms with van der Waals surface area (Å²) >= 11 is 5.96. The maximum Gasteiger partial charge on any atom is 0.224 e. The Morgan fingerprint density at radius 1 is 1.20 bits per heavy atom. The zero-order valence-electron chi connectivity index (χ0n) is 11.0. The highest BCUT2D eigenvalue weighted by Crippen LogP contribution is 2.29. The van der Waals surface area contributed by atoms with Crippen LogP contribution in [0.2, 0.25) is 5.28 Å². The van der Waals surface area contributed by atoms with E-state index in [1.54, 1.807) is 18.2 Å². The Morgan fingerprint density at radius 3 is 2.55 bits per heavy atom. The predicted molar refractivity (Wildman–Crippen MR) is 79.1 cm³/mol. The molecule has 3 rings (SSSR count). The molecular formula is C13H14ClN3O2S. The molecule has 20 heavy (non-hydrogen) atoms. The maximum atomic E-state index is 11.7. The van der Waals surface area contributed by atoms with E-state index in [0.717, 1.165) is 37.1 Å². The molecular weight excluding hydrogens is 298 g/mol. The van der Waals surface area contributed by atoms with Gasteiger partial charge in [-0.2, -0.15) is 4.98 Å². The van der Waals surface area contributed by atoms with Crippen molar-refractivity contribution >= 4 is 38.2 Å². The third-order valence-electron chi connectivity index (χ3n) is 3.45. The summed E-state index contributed by atoms with van der Waals surface area (Å²) in [6.07, 6.45) is 3.41. The van der Waals surface area contributed by atoms with E-state index < -0.39 is 9.84 Å². The van der Waals surface area contributed by atoms with Crippen LogP contribution in [0, 0.1) is 0 Å². The van der Waals surface area contributed by atoms with Crippen molar-refractivity contribution in [2.45, 2.75) is 17.7 Å². The van der Waals surface area contributed by atoms with Crippen LogP contribution in [0.3, 0.4) is 0 Å². The number of hydrogen-bond donors (Lipinski definition) is 0. The fraction of sp³-hybridized carbons (Fsp3) is 0.385. The molecule has 0 atom stereocenters. The average molecular weight is 312 g/mol. The average Bonchev–Trinajstić information content (AvgIpc) is 2.89. The number of anilines is 1. The molecule has 0 spiro atoms. The summed E-state index contributed by atoms with van der Waals surface area (Å²) < 4.78 is 23.4. The SMILES string of the molecule is CS(=O)(=O)c1ccc2nc(Cl)nc(N3CCCC3)c2c1. The lowest BCUT2D eigenvalue weighted by Gasteiger charge is -2.18. The van der Waals surface area contributed by atoms with Gasteiger partial charge in [-0.1, -0.05) is 0 Å². The van der Waals surface area contributed by atoms with Crippen LogP contribution in [0.1, 0.15) is 12.8 Å². The molecule has 1 aliphatic rings. The van der Waals surface area contributed by atoms with Gasteiger partial charge in [-0.15, -0.1) is 0 Å². The zero-order valence-corrected chi connectivity index (χ0v) is 12.6. The number of nitrogens with zero attached hydrogens (tertiary/aromatic N) is 3. The molecule has 7 heteroatoms. The Kier molecular flexibility index (Phi) is 3.30. The van der Waals surface area contributed by atoms with E-state index in [9.17, 15) is 8.42 Å². The van der Waals surface area contributed by atoms with Gasteiger partial charge in [0.15, 0.2) is 9.84 Å². The summed E-state index contributed by atoms with van der Waals surface area (Å²) in [5.74, 6) is 0.725. The maximum absolute atomic E-state index is 11.7. The highest BCUT2D eigenvalue weighted by Gasteiger charge is 2.19. The molecule has 0 saturated carbocycles. The largest absolute Gasteiger partial charge is 0.356 e. The molecule has 1 aromatic carbocycles. The van der Waals surface area contributed by atoms with Crippen molar-refractivity contribution in [3.63, 3.8) is 0 Å². The summed E-state index contributed by atoms with van der Waals surface area (Å²) in [6, 6.07) is 4.86. The number of halogens is 1. The van der Waals surface area contributed by atoms with Crippen molar-refractivity contribution in [2.24, 2.45) is 0 Å². The normalized spacial score (nSPS) is 16.0. The third-order valence-corrected chi connectivity index (χ3v) is 4.73. The molecule has 106 valence electrons. The monoisotopic (exact) mass is 311 g/mol. The van der Waals surface area contributed by atoms with Gasteiger partial charge in [0.05, 0.1) is 10.4 Å². The minimum atomic E-state index is -3.25. The Bertz CT molecular complexity index is 771. The fourth-order valence-electron chi connectivity index (χ4n) is 2.46. The molecule has 0 bridgehead atoms. The van der Waals surface area contributed by atoms with Gasteiger partial charge < -0.3 is 4.90 Å². The molecule has 1 saturated heterocycles. The third kappa shape index (κ3) is 2.45. The first-order chi connectivity index (χ1) is 9.45. The van der Waals surface area contributed by atoms with E-state index in [0.29, 0.717) is 5.52 Å². The van der Waals surface area contributed by atoms with E-state index in [-0.39, 0.29) is 10.2 Å². The van der Waals surface area contributed by atoms with E-state index in [2.05, 4.69) is 14.9 Å². The highest BCUT2D eigenvalue weighted by molar-refractivity contribution is 7.90. The van der Waals surface area contributed by atoms with Gasteiger partial charge in [-0.25, -0.2) is 13.4 Å². The van der Waals surface area contributed by atoms with Gasteiger partial charge in [0.2, 0.25) is 5.28 Å². The molecule has 5 nitrogen and oxygen atoms in total. The second-order valence-corrected chi connectivity index (χ2v) is 7.32. The Hall–Kier alpha value is -1.40. The van der Waals surface area contributed by atoms with E-state index in [1.807, 2.05) is 0 Å². The summed E-state index contributed by atoms with van der Waals surface area (Å²) in [6.45, 7) is 1.82. The number of fused-ring (bicyclic) bond motifs is 1. The molecule has 1 aromatic heterocycles. The summed E-state index contributed by atoms with van der Waals surface area (Å²) in [4.78, 5) is 10.9. The smallest absolute Gasteiger partial charge is 0.224 e. The fourth-order valence-corrected chi connectivity index (χ4v) is 3.28. The molecule has 0 unspecified atom stereocenters. The Balaban J connectivity index is 2.26. The van der Waals surface area contributed by atoms with Crippen molar-refractivity contribution in [1.82, 2.24) is 9.97 Å². The van der Waals surface area contributed by atoms with Crippen molar-refractivity contribution < 1.29 is 8.42 Å². The zero-order chi connectivity index (χ0) is 14.3. The minimum Gasteiger partial charge on any atom is -0.356 e. The van der Waals surface area contributed by atoms with Gasteiger partial charge in [0.25, 0.3) is 0 Å². The van der Waals surface area contributed by atoms with Crippen LogP contribution < -0.4 is 4.90 Å². The molecule has 0 N–H and O–H groups in total. The molecule has 2 heterocycles. The first-order valence-electron chi connectivity index (χ1n) is 6.37. The van der Waals surface area contributed by atoms with Gasteiger partial charge in [-0.3, -0.25) is 0 Å². The van der Waals surface area contributed by atoms with Crippen LogP contribution in [-0.4, -0.2) is 37.7 Å². The predicted octanol–water partition coefficient (Wildman–Crippen LogP) is 2.29. The summed E-state index contributed by atoms with van der Waals surface area (Å²) in [7, 11) is -3.25. The molecule has 1 aliphatic heterocycles. The number of benzene rings is 1. The van der Waals surface area contributed by atoms with Crippen LogP contribution >= 0.6 is 11.6 Å². The van der Waals surface area contributed by atoms with E-state index in [1.165, 1.54) is 6.26 Å². The van der Waals surface area contributed by atoms with Crippen molar-refractivity contribution in [2.75, 3.05) is 24.2 Å². The number of rotatable bonds is 2.